The summed E-state index contributed by atoms with van der Waals surface area (Å²) in [4.78, 5) is 12.3. The Labute approximate surface area is 104 Å². The number of Topliss-reactive ketones (excluding diaryl/α,β-unsaturated/α-hetero) is 1. The van der Waals surface area contributed by atoms with Crippen LogP contribution in [0.15, 0.2) is 24.3 Å². The van der Waals surface area contributed by atoms with Crippen LogP contribution in [0, 0.1) is 5.41 Å². The molecule has 0 radical (unpaired) electrons. The molecule has 17 heavy (non-hydrogen) atoms. The first-order valence-electron chi connectivity index (χ1n) is 6.18. The number of ether oxygens (including phenoxy) is 1. The minimum atomic E-state index is -0.309. The summed E-state index contributed by atoms with van der Waals surface area (Å²) in [6, 6.07) is 7.44. The fourth-order valence-corrected chi connectivity index (χ4v) is 1.53. The maximum Gasteiger partial charge on any atom is 0.168 e. The Hall–Kier alpha value is -1.31. The van der Waals surface area contributed by atoms with Crippen molar-refractivity contribution >= 4 is 5.78 Å². The second-order valence-electron chi connectivity index (χ2n) is 5.26. The Morgan fingerprint density at radius 3 is 2.53 bits per heavy atom. The number of carbonyl (C=O) groups excluding carboxylic acids is 1. The normalized spacial score (nSPS) is 11.6. The highest BCUT2D eigenvalue weighted by molar-refractivity contribution is 6.00. The van der Waals surface area contributed by atoms with Gasteiger partial charge in [0.05, 0.1) is 6.10 Å². The second kappa shape index (κ2) is 5.35. The molecule has 0 saturated carbocycles. The van der Waals surface area contributed by atoms with Crippen LogP contribution in [0.5, 0.6) is 5.75 Å². The molecule has 2 nitrogen and oxygen atoms in total. The van der Waals surface area contributed by atoms with Crippen LogP contribution in [0.3, 0.4) is 0 Å². The molecular formula is C15H22O2. The van der Waals surface area contributed by atoms with Crippen LogP contribution in [-0.4, -0.2) is 11.9 Å². The first-order valence-corrected chi connectivity index (χ1v) is 6.18. The van der Waals surface area contributed by atoms with E-state index in [0.717, 1.165) is 17.7 Å². The lowest BCUT2D eigenvalue weighted by molar-refractivity contribution is 0.0832. The number of rotatable bonds is 5. The van der Waals surface area contributed by atoms with Gasteiger partial charge in [0.1, 0.15) is 5.75 Å². The maximum absolute atomic E-state index is 12.3. The molecule has 0 N–H and O–H groups in total. The van der Waals surface area contributed by atoms with Gasteiger partial charge >= 0.3 is 0 Å². The molecule has 0 aliphatic rings. The summed E-state index contributed by atoms with van der Waals surface area (Å²) >= 11 is 0. The van der Waals surface area contributed by atoms with E-state index in [2.05, 4.69) is 0 Å². The number of hydrogen-bond acceptors (Lipinski definition) is 2. The van der Waals surface area contributed by atoms with Crippen molar-refractivity contribution in [1.29, 1.82) is 0 Å². The largest absolute Gasteiger partial charge is 0.491 e. The zero-order chi connectivity index (χ0) is 13.1. The van der Waals surface area contributed by atoms with Crippen molar-refractivity contribution in [3.05, 3.63) is 29.8 Å². The standard InChI is InChI=1S/C15H22O2/c1-6-15(4,5)14(16)12-8-7-9-13(10-12)17-11(2)3/h7-11H,6H2,1-5H3. The molecule has 0 spiro atoms. The van der Waals surface area contributed by atoms with Gasteiger partial charge in [-0.2, -0.15) is 0 Å². The van der Waals surface area contributed by atoms with E-state index < -0.39 is 0 Å². The van der Waals surface area contributed by atoms with Gasteiger partial charge < -0.3 is 4.74 Å². The van der Waals surface area contributed by atoms with E-state index in [1.165, 1.54) is 0 Å². The van der Waals surface area contributed by atoms with Crippen molar-refractivity contribution in [1.82, 2.24) is 0 Å². The van der Waals surface area contributed by atoms with E-state index in [4.69, 9.17) is 4.74 Å². The van der Waals surface area contributed by atoms with Crippen molar-refractivity contribution in [2.24, 2.45) is 5.41 Å². The molecule has 1 aromatic carbocycles. The summed E-state index contributed by atoms with van der Waals surface area (Å²) in [6.07, 6.45) is 0.959. The van der Waals surface area contributed by atoms with Gasteiger partial charge in [-0.1, -0.05) is 32.9 Å². The van der Waals surface area contributed by atoms with Crippen LogP contribution in [0.4, 0.5) is 0 Å². The second-order valence-corrected chi connectivity index (χ2v) is 5.26. The van der Waals surface area contributed by atoms with E-state index in [-0.39, 0.29) is 17.3 Å². The molecule has 0 heterocycles. The van der Waals surface area contributed by atoms with Crippen molar-refractivity contribution < 1.29 is 9.53 Å². The first kappa shape index (κ1) is 13.8. The summed E-state index contributed by atoms with van der Waals surface area (Å²) in [5.74, 6) is 0.937. The third kappa shape index (κ3) is 3.58. The van der Waals surface area contributed by atoms with E-state index >= 15 is 0 Å². The average Bonchev–Trinajstić information content (AvgIpc) is 2.27. The minimum absolute atomic E-state index is 0.125. The number of ketones is 1. The van der Waals surface area contributed by atoms with Gasteiger partial charge in [-0.15, -0.1) is 0 Å². The van der Waals surface area contributed by atoms with E-state index in [0.29, 0.717) is 0 Å². The molecule has 94 valence electrons. The zero-order valence-corrected chi connectivity index (χ0v) is 11.4. The van der Waals surface area contributed by atoms with Gasteiger partial charge in [-0.05, 0) is 32.4 Å². The smallest absolute Gasteiger partial charge is 0.168 e. The Kier molecular flexibility index (Phi) is 4.33. The lowest BCUT2D eigenvalue weighted by atomic mass is 9.82. The Morgan fingerprint density at radius 1 is 1.35 bits per heavy atom. The predicted molar refractivity (Wildman–Crippen MR) is 70.6 cm³/mol. The van der Waals surface area contributed by atoms with Gasteiger partial charge in [-0.3, -0.25) is 4.79 Å². The Bertz CT molecular complexity index is 392. The minimum Gasteiger partial charge on any atom is -0.491 e. The first-order chi connectivity index (χ1) is 7.86. The Balaban J connectivity index is 2.96. The van der Waals surface area contributed by atoms with Gasteiger partial charge in [0.15, 0.2) is 5.78 Å². The molecule has 2 heteroatoms. The average molecular weight is 234 g/mol. The molecule has 0 amide bonds. The lowest BCUT2D eigenvalue weighted by Crippen LogP contribution is -2.23. The molecule has 1 aromatic rings. The van der Waals surface area contributed by atoms with E-state index in [9.17, 15) is 4.79 Å². The topological polar surface area (TPSA) is 26.3 Å². The van der Waals surface area contributed by atoms with Crippen LogP contribution in [0.1, 0.15) is 51.4 Å². The van der Waals surface area contributed by atoms with E-state index in [1.807, 2.05) is 58.9 Å². The SMILES string of the molecule is CCC(C)(C)C(=O)c1cccc(OC(C)C)c1. The van der Waals surface area contributed by atoms with Crippen molar-refractivity contribution in [2.75, 3.05) is 0 Å². The monoisotopic (exact) mass is 234 g/mol. The van der Waals surface area contributed by atoms with Gasteiger partial charge in [0.25, 0.3) is 0 Å². The molecule has 0 atom stereocenters. The molecular weight excluding hydrogens is 212 g/mol. The molecule has 0 saturated heterocycles. The summed E-state index contributed by atoms with van der Waals surface area (Å²) < 4.78 is 5.60. The van der Waals surface area contributed by atoms with Crippen molar-refractivity contribution in [3.63, 3.8) is 0 Å². The van der Waals surface area contributed by atoms with E-state index in [1.54, 1.807) is 0 Å². The number of hydrogen-bond donors (Lipinski definition) is 0. The van der Waals surface area contributed by atoms with Crippen molar-refractivity contribution in [3.8, 4) is 5.75 Å². The van der Waals surface area contributed by atoms with Crippen LogP contribution >= 0.6 is 0 Å². The van der Waals surface area contributed by atoms with Crippen LogP contribution in [-0.2, 0) is 0 Å². The summed E-state index contributed by atoms with van der Waals surface area (Å²) in [5, 5.41) is 0. The highest BCUT2D eigenvalue weighted by Crippen LogP contribution is 2.27. The highest BCUT2D eigenvalue weighted by Gasteiger charge is 2.26. The Morgan fingerprint density at radius 2 is 2.00 bits per heavy atom. The van der Waals surface area contributed by atoms with Crippen molar-refractivity contribution in [2.45, 2.75) is 47.1 Å². The lowest BCUT2D eigenvalue weighted by Gasteiger charge is -2.21. The van der Waals surface area contributed by atoms with Crippen LogP contribution < -0.4 is 4.74 Å². The van der Waals surface area contributed by atoms with Gasteiger partial charge in [0, 0.05) is 11.0 Å². The van der Waals surface area contributed by atoms with Gasteiger partial charge in [-0.25, -0.2) is 0 Å². The number of carbonyl (C=O) groups is 1. The molecule has 0 aromatic heterocycles. The third-order valence-corrected chi connectivity index (χ3v) is 2.97. The maximum atomic E-state index is 12.3. The summed E-state index contributed by atoms with van der Waals surface area (Å²) in [7, 11) is 0. The number of benzene rings is 1. The molecule has 0 aliphatic heterocycles. The van der Waals surface area contributed by atoms with Gasteiger partial charge in [0.2, 0.25) is 0 Å². The predicted octanol–water partition coefficient (Wildman–Crippen LogP) is 4.09. The van der Waals surface area contributed by atoms with Crippen LogP contribution in [0.2, 0.25) is 0 Å². The third-order valence-electron chi connectivity index (χ3n) is 2.97. The van der Waals surface area contributed by atoms with Crippen LogP contribution in [0.25, 0.3) is 0 Å². The highest BCUT2D eigenvalue weighted by atomic mass is 16.5. The summed E-state index contributed by atoms with van der Waals surface area (Å²) in [6.45, 7) is 9.94. The summed E-state index contributed by atoms with van der Waals surface area (Å²) in [5.41, 5.74) is 0.422. The molecule has 0 fully saturated rings. The molecule has 1 rings (SSSR count). The fraction of sp³-hybridized carbons (Fsp3) is 0.533. The quantitative estimate of drug-likeness (QED) is 0.717. The molecule has 0 bridgehead atoms. The molecule has 0 unspecified atom stereocenters. The zero-order valence-electron chi connectivity index (χ0n) is 11.4. The molecule has 0 aliphatic carbocycles. The fourth-order valence-electron chi connectivity index (χ4n) is 1.53.